The number of rotatable bonds is 5. The Morgan fingerprint density at radius 3 is 2.79 bits per heavy atom. The second-order valence-corrected chi connectivity index (χ2v) is 5.96. The van der Waals surface area contributed by atoms with Crippen LogP contribution in [0.4, 0.5) is 0 Å². The van der Waals surface area contributed by atoms with Crippen molar-refractivity contribution in [3.63, 3.8) is 0 Å². The minimum atomic E-state index is 0.700. The van der Waals surface area contributed by atoms with Gasteiger partial charge in [0.25, 0.3) is 0 Å². The molecule has 19 heavy (non-hydrogen) atoms. The minimum Gasteiger partial charge on any atom is -0.300 e. The number of likely N-dealkylation sites (N-methyl/N-ethyl adjacent to an activating group) is 2. The van der Waals surface area contributed by atoms with Crippen LogP contribution in [0.5, 0.6) is 0 Å². The second kappa shape index (κ2) is 6.25. The summed E-state index contributed by atoms with van der Waals surface area (Å²) in [5.74, 6) is 0. The third-order valence-electron chi connectivity index (χ3n) is 4.13. The first-order valence-corrected chi connectivity index (χ1v) is 7.51. The molecule has 0 N–H and O–H groups in total. The van der Waals surface area contributed by atoms with Gasteiger partial charge in [-0.1, -0.05) is 18.5 Å². The van der Waals surface area contributed by atoms with Crippen molar-refractivity contribution < 1.29 is 0 Å². The van der Waals surface area contributed by atoms with Crippen molar-refractivity contribution in [3.8, 4) is 0 Å². The number of hydrogen-bond acceptors (Lipinski definition) is 3. The standard InChI is InChI=1S/C14H25ClN4/c1-5-19-8-6-7-12(19)9-17(3)10-13-11(2)16-18(4)14(13)15/h12H,5-10H2,1-4H3. The normalized spacial score (nSPS) is 20.6. The molecule has 1 aromatic heterocycles. The van der Waals surface area contributed by atoms with Crippen LogP contribution in [0.15, 0.2) is 0 Å². The van der Waals surface area contributed by atoms with Crippen molar-refractivity contribution in [3.05, 3.63) is 16.4 Å². The maximum atomic E-state index is 6.29. The second-order valence-electron chi connectivity index (χ2n) is 5.60. The van der Waals surface area contributed by atoms with E-state index < -0.39 is 0 Å². The topological polar surface area (TPSA) is 24.3 Å². The zero-order valence-electron chi connectivity index (χ0n) is 12.5. The summed E-state index contributed by atoms with van der Waals surface area (Å²) < 4.78 is 1.76. The Hall–Kier alpha value is -0.580. The summed E-state index contributed by atoms with van der Waals surface area (Å²) in [5.41, 5.74) is 2.20. The van der Waals surface area contributed by atoms with E-state index in [-0.39, 0.29) is 0 Å². The van der Waals surface area contributed by atoms with E-state index in [4.69, 9.17) is 11.6 Å². The van der Waals surface area contributed by atoms with Crippen molar-refractivity contribution >= 4 is 11.6 Å². The molecule has 108 valence electrons. The highest BCUT2D eigenvalue weighted by atomic mass is 35.5. The van der Waals surface area contributed by atoms with E-state index in [1.54, 1.807) is 4.68 Å². The molecule has 2 heterocycles. The van der Waals surface area contributed by atoms with Crippen LogP contribution in [0.25, 0.3) is 0 Å². The lowest BCUT2D eigenvalue weighted by Gasteiger charge is -2.27. The van der Waals surface area contributed by atoms with Crippen LogP contribution < -0.4 is 0 Å². The van der Waals surface area contributed by atoms with E-state index in [1.807, 2.05) is 14.0 Å². The van der Waals surface area contributed by atoms with Gasteiger partial charge in [0.15, 0.2) is 0 Å². The monoisotopic (exact) mass is 284 g/mol. The average molecular weight is 285 g/mol. The molecule has 0 amide bonds. The Morgan fingerprint density at radius 1 is 1.47 bits per heavy atom. The van der Waals surface area contributed by atoms with Crippen molar-refractivity contribution in [2.75, 3.05) is 26.7 Å². The lowest BCUT2D eigenvalue weighted by atomic mass is 10.2. The predicted octanol–water partition coefficient (Wildman–Crippen LogP) is 2.30. The third-order valence-corrected chi connectivity index (χ3v) is 4.60. The SMILES string of the molecule is CCN1CCCC1CN(C)Cc1c(C)nn(C)c1Cl. The summed E-state index contributed by atoms with van der Waals surface area (Å²) in [5, 5.41) is 5.14. The summed E-state index contributed by atoms with van der Waals surface area (Å²) in [7, 11) is 4.07. The highest BCUT2D eigenvalue weighted by Gasteiger charge is 2.24. The van der Waals surface area contributed by atoms with E-state index in [1.165, 1.54) is 19.4 Å². The Labute approximate surface area is 121 Å². The molecule has 1 unspecified atom stereocenters. The fraction of sp³-hybridized carbons (Fsp3) is 0.786. The molecule has 5 heteroatoms. The van der Waals surface area contributed by atoms with Crippen LogP contribution in [0.3, 0.4) is 0 Å². The molecule has 1 saturated heterocycles. The van der Waals surface area contributed by atoms with E-state index in [9.17, 15) is 0 Å². The number of nitrogens with zero attached hydrogens (tertiary/aromatic N) is 4. The number of aromatic nitrogens is 2. The predicted molar refractivity (Wildman–Crippen MR) is 79.6 cm³/mol. The summed E-state index contributed by atoms with van der Waals surface area (Å²) in [6, 6.07) is 0.700. The fourth-order valence-corrected chi connectivity index (χ4v) is 3.30. The molecule has 1 aliphatic rings. The smallest absolute Gasteiger partial charge is 0.131 e. The Morgan fingerprint density at radius 2 is 2.21 bits per heavy atom. The van der Waals surface area contributed by atoms with Gasteiger partial charge in [0, 0.05) is 31.7 Å². The summed E-state index contributed by atoms with van der Waals surface area (Å²) >= 11 is 6.29. The third kappa shape index (κ3) is 3.30. The Balaban J connectivity index is 1.95. The van der Waals surface area contributed by atoms with Crippen molar-refractivity contribution in [1.82, 2.24) is 19.6 Å². The number of halogens is 1. The van der Waals surface area contributed by atoms with Crippen molar-refractivity contribution in [2.45, 2.75) is 39.3 Å². The highest BCUT2D eigenvalue weighted by Crippen LogP contribution is 2.22. The quantitative estimate of drug-likeness (QED) is 0.829. The van der Waals surface area contributed by atoms with E-state index >= 15 is 0 Å². The molecule has 0 bridgehead atoms. The van der Waals surface area contributed by atoms with Gasteiger partial charge in [-0.15, -0.1) is 0 Å². The van der Waals surface area contributed by atoms with E-state index in [0.29, 0.717) is 6.04 Å². The molecule has 1 aromatic rings. The minimum absolute atomic E-state index is 0.700. The highest BCUT2D eigenvalue weighted by molar-refractivity contribution is 6.30. The van der Waals surface area contributed by atoms with Gasteiger partial charge in [0.2, 0.25) is 0 Å². The average Bonchev–Trinajstić information content (AvgIpc) is 2.89. The first kappa shape index (κ1) is 14.8. The molecule has 1 fully saturated rings. The number of aryl methyl sites for hydroxylation is 2. The molecule has 1 atom stereocenters. The largest absolute Gasteiger partial charge is 0.300 e. The van der Waals surface area contributed by atoms with Crippen LogP contribution in [0.1, 0.15) is 31.0 Å². The maximum Gasteiger partial charge on any atom is 0.131 e. The first-order chi connectivity index (χ1) is 9.02. The van der Waals surface area contributed by atoms with Crippen LogP contribution in [-0.4, -0.2) is 52.3 Å². The van der Waals surface area contributed by atoms with Gasteiger partial charge in [-0.25, -0.2) is 0 Å². The fourth-order valence-electron chi connectivity index (χ4n) is 3.07. The zero-order valence-corrected chi connectivity index (χ0v) is 13.2. The van der Waals surface area contributed by atoms with Gasteiger partial charge in [-0.05, 0) is 39.9 Å². The van der Waals surface area contributed by atoms with Gasteiger partial charge >= 0.3 is 0 Å². The van der Waals surface area contributed by atoms with Crippen molar-refractivity contribution in [1.29, 1.82) is 0 Å². The molecule has 0 saturated carbocycles. The summed E-state index contributed by atoms with van der Waals surface area (Å²) in [4.78, 5) is 4.95. The molecule has 1 aliphatic heterocycles. The molecule has 0 aliphatic carbocycles. The Bertz CT molecular complexity index is 429. The van der Waals surface area contributed by atoms with Crippen molar-refractivity contribution in [2.24, 2.45) is 7.05 Å². The number of likely N-dealkylation sites (tertiary alicyclic amines) is 1. The molecule has 0 spiro atoms. The van der Waals surface area contributed by atoms with Crippen LogP contribution in [-0.2, 0) is 13.6 Å². The van der Waals surface area contributed by atoms with E-state index in [2.05, 4.69) is 28.9 Å². The summed E-state index contributed by atoms with van der Waals surface area (Å²) in [6.07, 6.45) is 2.65. The maximum absolute atomic E-state index is 6.29. The van der Waals surface area contributed by atoms with Gasteiger partial charge in [-0.2, -0.15) is 5.10 Å². The van der Waals surface area contributed by atoms with Crippen LogP contribution >= 0.6 is 11.6 Å². The lowest BCUT2D eigenvalue weighted by molar-refractivity contribution is 0.194. The molecular weight excluding hydrogens is 260 g/mol. The first-order valence-electron chi connectivity index (χ1n) is 7.13. The molecule has 0 radical (unpaired) electrons. The van der Waals surface area contributed by atoms with Gasteiger partial charge in [-0.3, -0.25) is 9.58 Å². The van der Waals surface area contributed by atoms with Crippen LogP contribution in [0.2, 0.25) is 5.15 Å². The van der Waals surface area contributed by atoms with Gasteiger partial charge in [0.05, 0.1) is 5.69 Å². The van der Waals surface area contributed by atoms with Crippen LogP contribution in [0, 0.1) is 6.92 Å². The number of hydrogen-bond donors (Lipinski definition) is 0. The molecule has 0 aromatic carbocycles. The summed E-state index contributed by atoms with van der Waals surface area (Å²) in [6.45, 7) is 8.68. The molecule has 2 rings (SSSR count). The lowest BCUT2D eigenvalue weighted by Crippen LogP contribution is -2.38. The van der Waals surface area contributed by atoms with Gasteiger partial charge in [0.1, 0.15) is 5.15 Å². The zero-order chi connectivity index (χ0) is 14.0. The molecular formula is C14H25ClN4. The van der Waals surface area contributed by atoms with Gasteiger partial charge < -0.3 is 4.90 Å². The Kier molecular flexibility index (Phi) is 4.87. The van der Waals surface area contributed by atoms with E-state index in [0.717, 1.165) is 36.0 Å². The molecule has 4 nitrogen and oxygen atoms in total.